The number of aliphatic hydroxyl groups excluding tert-OH is 1. The number of hydrogen-bond donors (Lipinski definition) is 1. The number of anilines is 2. The number of methoxy groups -OCH3 is 1. The SMILES string of the molecule is COc1ccc(-c2ccc3c(N4CCOCC4C)nc(N(C)C4CCN(CC(C)(C)F)CC4)nc3n2)cc1CO. The number of aromatic nitrogens is 3. The van der Waals surface area contributed by atoms with E-state index in [1.54, 1.807) is 21.0 Å². The molecule has 0 spiro atoms. The summed E-state index contributed by atoms with van der Waals surface area (Å²) in [5.74, 6) is 2.15. The van der Waals surface area contributed by atoms with E-state index in [9.17, 15) is 9.50 Å². The lowest BCUT2D eigenvalue weighted by atomic mass is 10.0. The van der Waals surface area contributed by atoms with Gasteiger partial charge < -0.3 is 29.3 Å². The summed E-state index contributed by atoms with van der Waals surface area (Å²) >= 11 is 0. The van der Waals surface area contributed by atoms with Crippen LogP contribution in [-0.4, -0.2) is 96.3 Å². The van der Waals surface area contributed by atoms with Gasteiger partial charge >= 0.3 is 0 Å². The van der Waals surface area contributed by atoms with Gasteiger partial charge in [-0.3, -0.25) is 0 Å². The molecule has 1 unspecified atom stereocenters. The molecule has 2 aromatic heterocycles. The monoisotopic (exact) mass is 552 g/mol. The highest BCUT2D eigenvalue weighted by atomic mass is 19.1. The molecule has 4 heterocycles. The predicted octanol–water partition coefficient (Wildman–Crippen LogP) is 4.07. The number of piperidine rings is 1. The Bertz CT molecular complexity index is 1320. The van der Waals surface area contributed by atoms with E-state index in [2.05, 4.69) is 21.6 Å². The van der Waals surface area contributed by atoms with E-state index in [1.807, 2.05) is 37.4 Å². The van der Waals surface area contributed by atoms with E-state index in [4.69, 9.17) is 24.4 Å². The van der Waals surface area contributed by atoms with E-state index < -0.39 is 5.67 Å². The van der Waals surface area contributed by atoms with E-state index >= 15 is 0 Å². The fourth-order valence-electron chi connectivity index (χ4n) is 5.78. The Kier molecular flexibility index (Phi) is 8.39. The van der Waals surface area contributed by atoms with Gasteiger partial charge in [-0.1, -0.05) is 0 Å². The lowest BCUT2D eigenvalue weighted by Crippen LogP contribution is -2.47. The van der Waals surface area contributed by atoms with Crippen LogP contribution < -0.4 is 14.5 Å². The molecule has 5 rings (SSSR count). The van der Waals surface area contributed by atoms with Gasteiger partial charge in [0.05, 0.1) is 44.1 Å². The first-order valence-electron chi connectivity index (χ1n) is 14.1. The highest BCUT2D eigenvalue weighted by Crippen LogP contribution is 2.33. The minimum atomic E-state index is -1.20. The molecule has 3 aromatic rings. The summed E-state index contributed by atoms with van der Waals surface area (Å²) < 4.78 is 25.3. The maximum atomic E-state index is 14.2. The van der Waals surface area contributed by atoms with Gasteiger partial charge in [0.15, 0.2) is 5.65 Å². The van der Waals surface area contributed by atoms with Crippen LogP contribution in [0.1, 0.15) is 39.2 Å². The average Bonchev–Trinajstić information content (AvgIpc) is 2.95. The van der Waals surface area contributed by atoms with Crippen LogP contribution in [0.15, 0.2) is 30.3 Å². The average molecular weight is 553 g/mol. The van der Waals surface area contributed by atoms with Gasteiger partial charge in [-0.25, -0.2) is 9.37 Å². The van der Waals surface area contributed by atoms with Crippen molar-refractivity contribution in [3.63, 3.8) is 0 Å². The molecule has 1 N–H and O–H groups in total. The summed E-state index contributed by atoms with van der Waals surface area (Å²) in [7, 11) is 3.64. The lowest BCUT2D eigenvalue weighted by Gasteiger charge is -2.39. The molecule has 2 saturated heterocycles. The quantitative estimate of drug-likeness (QED) is 0.444. The number of ether oxygens (including phenoxy) is 2. The second-order valence-electron chi connectivity index (χ2n) is 11.6. The van der Waals surface area contributed by atoms with Gasteiger partial charge in [0, 0.05) is 50.4 Å². The number of rotatable bonds is 8. The van der Waals surface area contributed by atoms with Gasteiger partial charge in [0.1, 0.15) is 17.2 Å². The van der Waals surface area contributed by atoms with Crippen LogP contribution in [0, 0.1) is 0 Å². The third kappa shape index (κ3) is 6.14. The molecular formula is C30H41FN6O3. The minimum absolute atomic E-state index is 0.123. The van der Waals surface area contributed by atoms with Crippen LogP contribution in [0.3, 0.4) is 0 Å². The standard InChI is InChI=1S/C30H41FN6O3/c1-20-18-40-15-14-37(20)28-24-7-8-25(21-6-9-26(39-5)22(16-21)17-38)32-27(24)33-29(34-28)35(4)23-10-12-36(13-11-23)19-30(2,3)31/h6-9,16,20,23,38H,10-15,17-19H2,1-5H3. The number of morpholine rings is 1. The zero-order chi connectivity index (χ0) is 28.4. The molecule has 0 saturated carbocycles. The summed E-state index contributed by atoms with van der Waals surface area (Å²) in [6.07, 6.45) is 1.83. The first kappa shape index (κ1) is 28.4. The number of nitrogens with zero attached hydrogens (tertiary/aromatic N) is 6. The van der Waals surface area contributed by atoms with Crippen molar-refractivity contribution in [3.05, 3.63) is 35.9 Å². The molecule has 40 heavy (non-hydrogen) atoms. The number of halogens is 1. The van der Waals surface area contributed by atoms with Crippen LogP contribution in [0.5, 0.6) is 5.75 Å². The molecule has 9 nitrogen and oxygen atoms in total. The molecule has 2 fully saturated rings. The highest BCUT2D eigenvalue weighted by Gasteiger charge is 2.30. The number of alkyl halides is 1. The van der Waals surface area contributed by atoms with Gasteiger partial charge in [-0.15, -0.1) is 0 Å². The van der Waals surface area contributed by atoms with Crippen molar-refractivity contribution in [3.8, 4) is 17.0 Å². The summed E-state index contributed by atoms with van der Waals surface area (Å²) in [5, 5.41) is 10.7. The largest absolute Gasteiger partial charge is 0.496 e. The van der Waals surface area contributed by atoms with Crippen molar-refractivity contribution >= 4 is 22.8 Å². The fraction of sp³-hybridized carbons (Fsp3) is 0.567. The molecule has 1 atom stereocenters. The van der Waals surface area contributed by atoms with E-state index in [1.165, 1.54) is 0 Å². The number of aliphatic hydroxyl groups is 1. The van der Waals surface area contributed by atoms with Gasteiger partial charge in [0.25, 0.3) is 0 Å². The Hall–Kier alpha value is -3.08. The van der Waals surface area contributed by atoms with Crippen LogP contribution in [0.25, 0.3) is 22.3 Å². The highest BCUT2D eigenvalue weighted by molar-refractivity contribution is 5.90. The second-order valence-corrected chi connectivity index (χ2v) is 11.6. The zero-order valence-corrected chi connectivity index (χ0v) is 24.2. The molecule has 0 amide bonds. The van der Waals surface area contributed by atoms with Crippen molar-refractivity contribution in [2.24, 2.45) is 0 Å². The Morgan fingerprint density at radius 3 is 2.58 bits per heavy atom. The molecular weight excluding hydrogens is 511 g/mol. The third-order valence-electron chi connectivity index (χ3n) is 7.93. The topological polar surface area (TPSA) is 87.1 Å². The normalized spacial score (nSPS) is 19.3. The Morgan fingerprint density at radius 2 is 1.90 bits per heavy atom. The van der Waals surface area contributed by atoms with Crippen molar-refractivity contribution in [2.75, 3.05) is 63.4 Å². The third-order valence-corrected chi connectivity index (χ3v) is 7.93. The van der Waals surface area contributed by atoms with E-state index in [0.29, 0.717) is 42.7 Å². The summed E-state index contributed by atoms with van der Waals surface area (Å²) in [6.45, 7) is 9.47. The van der Waals surface area contributed by atoms with Gasteiger partial charge in [0.2, 0.25) is 5.95 Å². The summed E-state index contributed by atoms with van der Waals surface area (Å²) in [4.78, 5) is 21.7. The molecule has 2 aliphatic rings. The zero-order valence-electron chi connectivity index (χ0n) is 24.2. The number of likely N-dealkylation sites (tertiary alicyclic amines) is 1. The first-order chi connectivity index (χ1) is 19.2. The number of hydrogen-bond acceptors (Lipinski definition) is 9. The van der Waals surface area contributed by atoms with Crippen LogP contribution in [-0.2, 0) is 11.3 Å². The minimum Gasteiger partial charge on any atom is -0.496 e. The molecule has 1 aromatic carbocycles. The molecule has 2 aliphatic heterocycles. The summed E-state index contributed by atoms with van der Waals surface area (Å²) in [5.41, 5.74) is 1.77. The first-order valence-corrected chi connectivity index (χ1v) is 14.1. The smallest absolute Gasteiger partial charge is 0.229 e. The molecule has 0 aliphatic carbocycles. The second kappa shape index (κ2) is 11.8. The van der Waals surface area contributed by atoms with Gasteiger partial charge in [-0.05, 0) is 63.9 Å². The maximum Gasteiger partial charge on any atom is 0.229 e. The summed E-state index contributed by atoms with van der Waals surface area (Å²) in [6, 6.07) is 10.1. The van der Waals surface area contributed by atoms with Gasteiger partial charge in [-0.2, -0.15) is 9.97 Å². The Balaban J connectivity index is 1.50. The Labute approximate surface area is 235 Å². The fourth-order valence-corrected chi connectivity index (χ4v) is 5.78. The van der Waals surface area contributed by atoms with Crippen LogP contribution in [0.4, 0.5) is 16.2 Å². The molecule has 0 radical (unpaired) electrons. The number of benzene rings is 1. The number of pyridine rings is 1. The maximum absolute atomic E-state index is 14.2. The molecule has 216 valence electrons. The number of fused-ring (bicyclic) bond motifs is 1. The van der Waals surface area contributed by atoms with Crippen molar-refractivity contribution in [1.82, 2.24) is 19.9 Å². The van der Waals surface area contributed by atoms with Crippen molar-refractivity contribution in [1.29, 1.82) is 0 Å². The van der Waals surface area contributed by atoms with Crippen LogP contribution in [0.2, 0.25) is 0 Å². The Morgan fingerprint density at radius 1 is 1.12 bits per heavy atom. The van der Waals surface area contributed by atoms with Crippen molar-refractivity contribution in [2.45, 2.75) is 58.0 Å². The van der Waals surface area contributed by atoms with E-state index in [0.717, 1.165) is 54.9 Å². The lowest BCUT2D eigenvalue weighted by molar-refractivity contribution is 0.0986. The van der Waals surface area contributed by atoms with Crippen molar-refractivity contribution < 1.29 is 19.0 Å². The van der Waals surface area contributed by atoms with E-state index in [-0.39, 0.29) is 18.7 Å². The molecule has 10 heteroatoms. The van der Waals surface area contributed by atoms with Crippen LogP contribution >= 0.6 is 0 Å². The molecule has 0 bridgehead atoms. The predicted molar refractivity (Wildman–Crippen MR) is 156 cm³/mol.